The second-order valence-corrected chi connectivity index (χ2v) is 3.64. The van der Waals surface area contributed by atoms with Crippen molar-refractivity contribution in [1.29, 1.82) is 0 Å². The topological polar surface area (TPSA) is 30.2 Å². The van der Waals surface area contributed by atoms with E-state index in [1.54, 1.807) is 6.07 Å². The summed E-state index contributed by atoms with van der Waals surface area (Å²) in [6.07, 6.45) is 1.49. The predicted octanol–water partition coefficient (Wildman–Crippen LogP) is 2.92. The fraction of sp³-hybridized carbons (Fsp3) is 0.154. The molecule has 1 heterocycles. The van der Waals surface area contributed by atoms with Crippen molar-refractivity contribution in [2.24, 2.45) is 0 Å². The SMILES string of the molecule is Cc1ccc(-c2ccc(=O)oc2)cc1C. The summed E-state index contributed by atoms with van der Waals surface area (Å²) in [6.45, 7) is 4.14. The Balaban J connectivity index is 2.50. The molecule has 0 N–H and O–H groups in total. The molecule has 0 bridgehead atoms. The van der Waals surface area contributed by atoms with E-state index in [0.717, 1.165) is 11.1 Å². The number of aryl methyl sites for hydroxylation is 2. The minimum Gasteiger partial charge on any atom is -0.431 e. The summed E-state index contributed by atoms with van der Waals surface area (Å²) in [5.41, 5.74) is 4.18. The highest BCUT2D eigenvalue weighted by atomic mass is 16.4. The van der Waals surface area contributed by atoms with Crippen LogP contribution in [0.4, 0.5) is 0 Å². The van der Waals surface area contributed by atoms with Crippen LogP contribution in [0.3, 0.4) is 0 Å². The molecule has 76 valence electrons. The summed E-state index contributed by atoms with van der Waals surface area (Å²) >= 11 is 0. The Labute approximate surface area is 88.2 Å². The van der Waals surface area contributed by atoms with Crippen LogP contribution < -0.4 is 5.63 Å². The van der Waals surface area contributed by atoms with Gasteiger partial charge in [0.25, 0.3) is 0 Å². The fourth-order valence-electron chi connectivity index (χ4n) is 1.44. The molecular weight excluding hydrogens is 188 g/mol. The van der Waals surface area contributed by atoms with E-state index in [9.17, 15) is 4.79 Å². The molecule has 0 aliphatic carbocycles. The number of hydrogen-bond acceptors (Lipinski definition) is 2. The zero-order valence-electron chi connectivity index (χ0n) is 8.78. The van der Waals surface area contributed by atoms with Gasteiger partial charge in [-0.3, -0.25) is 0 Å². The lowest BCUT2D eigenvalue weighted by Crippen LogP contribution is -1.94. The fourth-order valence-corrected chi connectivity index (χ4v) is 1.44. The maximum absolute atomic E-state index is 10.8. The van der Waals surface area contributed by atoms with Crippen LogP contribution in [0, 0.1) is 13.8 Å². The van der Waals surface area contributed by atoms with Gasteiger partial charge >= 0.3 is 5.63 Å². The van der Waals surface area contributed by atoms with Crippen molar-refractivity contribution in [2.45, 2.75) is 13.8 Å². The monoisotopic (exact) mass is 200 g/mol. The van der Waals surface area contributed by atoms with Crippen LogP contribution in [-0.4, -0.2) is 0 Å². The molecule has 0 saturated carbocycles. The van der Waals surface area contributed by atoms with Gasteiger partial charge in [0.05, 0.1) is 0 Å². The minimum absolute atomic E-state index is 0.317. The minimum atomic E-state index is -0.317. The van der Waals surface area contributed by atoms with Gasteiger partial charge in [-0.05, 0) is 36.6 Å². The zero-order chi connectivity index (χ0) is 10.8. The van der Waals surface area contributed by atoms with Crippen LogP contribution >= 0.6 is 0 Å². The summed E-state index contributed by atoms with van der Waals surface area (Å²) in [5, 5.41) is 0. The summed E-state index contributed by atoms with van der Waals surface area (Å²) in [7, 11) is 0. The Bertz CT molecular complexity index is 518. The first kappa shape index (κ1) is 9.71. The van der Waals surface area contributed by atoms with Crippen LogP contribution in [-0.2, 0) is 0 Å². The van der Waals surface area contributed by atoms with Crippen molar-refractivity contribution in [3.05, 3.63) is 58.1 Å². The standard InChI is InChI=1S/C13H12O2/c1-9-3-4-11(7-10(9)2)12-5-6-13(14)15-8-12/h3-8H,1-2H3. The molecule has 0 fully saturated rings. The molecule has 2 nitrogen and oxygen atoms in total. The quantitative estimate of drug-likeness (QED) is 0.708. The Kier molecular flexibility index (Phi) is 2.42. The third-order valence-corrected chi connectivity index (χ3v) is 2.54. The third kappa shape index (κ3) is 1.99. The third-order valence-electron chi connectivity index (χ3n) is 2.54. The van der Waals surface area contributed by atoms with Crippen molar-refractivity contribution in [3.8, 4) is 11.1 Å². The molecule has 2 heteroatoms. The first-order chi connectivity index (χ1) is 7.16. The Morgan fingerprint density at radius 3 is 2.27 bits per heavy atom. The van der Waals surface area contributed by atoms with E-state index in [4.69, 9.17) is 4.42 Å². The van der Waals surface area contributed by atoms with E-state index >= 15 is 0 Å². The summed E-state index contributed by atoms with van der Waals surface area (Å²) in [6, 6.07) is 9.39. The molecule has 1 aromatic heterocycles. The maximum atomic E-state index is 10.8. The molecule has 0 atom stereocenters. The van der Waals surface area contributed by atoms with E-state index in [1.165, 1.54) is 23.5 Å². The van der Waals surface area contributed by atoms with E-state index in [0.29, 0.717) is 0 Å². The molecule has 2 rings (SSSR count). The second kappa shape index (κ2) is 3.73. The van der Waals surface area contributed by atoms with Gasteiger partial charge in [0.2, 0.25) is 0 Å². The second-order valence-electron chi connectivity index (χ2n) is 3.64. The van der Waals surface area contributed by atoms with Crippen LogP contribution in [0.5, 0.6) is 0 Å². The van der Waals surface area contributed by atoms with Crippen LogP contribution in [0.15, 0.2) is 45.8 Å². The highest BCUT2D eigenvalue weighted by molar-refractivity contribution is 5.63. The van der Waals surface area contributed by atoms with Crippen molar-refractivity contribution in [2.75, 3.05) is 0 Å². The largest absolute Gasteiger partial charge is 0.431 e. The molecular formula is C13H12O2. The molecule has 0 aliphatic rings. The van der Waals surface area contributed by atoms with Crippen LogP contribution in [0.25, 0.3) is 11.1 Å². The van der Waals surface area contributed by atoms with Crippen molar-refractivity contribution in [3.63, 3.8) is 0 Å². The number of hydrogen-bond donors (Lipinski definition) is 0. The van der Waals surface area contributed by atoms with Crippen molar-refractivity contribution < 1.29 is 4.42 Å². The number of benzene rings is 1. The van der Waals surface area contributed by atoms with Gasteiger partial charge < -0.3 is 4.42 Å². The first-order valence-electron chi connectivity index (χ1n) is 4.83. The van der Waals surface area contributed by atoms with Gasteiger partial charge in [0, 0.05) is 11.6 Å². The van der Waals surface area contributed by atoms with Gasteiger partial charge in [-0.2, -0.15) is 0 Å². The molecule has 2 aromatic rings. The van der Waals surface area contributed by atoms with E-state index in [-0.39, 0.29) is 5.63 Å². The smallest absolute Gasteiger partial charge is 0.335 e. The lowest BCUT2D eigenvalue weighted by molar-refractivity contribution is 0.512. The van der Waals surface area contributed by atoms with Gasteiger partial charge in [0.15, 0.2) is 0 Å². The molecule has 0 unspecified atom stereocenters. The van der Waals surface area contributed by atoms with Gasteiger partial charge in [-0.15, -0.1) is 0 Å². The molecule has 0 saturated heterocycles. The Morgan fingerprint density at radius 2 is 1.67 bits per heavy atom. The molecule has 1 aromatic carbocycles. The Hall–Kier alpha value is -1.83. The predicted molar refractivity (Wildman–Crippen MR) is 59.9 cm³/mol. The van der Waals surface area contributed by atoms with E-state index in [2.05, 4.69) is 26.0 Å². The molecule has 0 amide bonds. The van der Waals surface area contributed by atoms with E-state index < -0.39 is 0 Å². The summed E-state index contributed by atoms with van der Waals surface area (Å²) < 4.78 is 4.83. The summed E-state index contributed by atoms with van der Waals surface area (Å²) in [5.74, 6) is 0. The normalized spacial score (nSPS) is 10.3. The first-order valence-corrected chi connectivity index (χ1v) is 4.83. The van der Waals surface area contributed by atoms with E-state index in [1.807, 2.05) is 6.07 Å². The zero-order valence-corrected chi connectivity index (χ0v) is 8.78. The van der Waals surface area contributed by atoms with Crippen LogP contribution in [0.1, 0.15) is 11.1 Å². The summed E-state index contributed by atoms with van der Waals surface area (Å²) in [4.78, 5) is 10.8. The average Bonchev–Trinajstić information content (AvgIpc) is 2.23. The molecule has 0 aliphatic heterocycles. The molecule has 0 radical (unpaired) electrons. The molecule has 0 spiro atoms. The van der Waals surface area contributed by atoms with Crippen molar-refractivity contribution in [1.82, 2.24) is 0 Å². The van der Waals surface area contributed by atoms with Gasteiger partial charge in [-0.1, -0.05) is 18.2 Å². The van der Waals surface area contributed by atoms with Crippen molar-refractivity contribution >= 4 is 0 Å². The van der Waals surface area contributed by atoms with Gasteiger partial charge in [0.1, 0.15) is 6.26 Å². The lowest BCUT2D eigenvalue weighted by Gasteiger charge is -2.04. The lowest BCUT2D eigenvalue weighted by atomic mass is 10.0. The van der Waals surface area contributed by atoms with Gasteiger partial charge in [-0.25, -0.2) is 4.79 Å². The Morgan fingerprint density at radius 1 is 0.933 bits per heavy atom. The highest BCUT2D eigenvalue weighted by Gasteiger charge is 2.00. The maximum Gasteiger partial charge on any atom is 0.335 e. The molecule has 15 heavy (non-hydrogen) atoms. The average molecular weight is 200 g/mol. The highest BCUT2D eigenvalue weighted by Crippen LogP contribution is 2.20. The van der Waals surface area contributed by atoms with Crippen LogP contribution in [0.2, 0.25) is 0 Å². The number of rotatable bonds is 1.